The quantitative estimate of drug-likeness (QED) is 0.569. The van der Waals surface area contributed by atoms with Gasteiger partial charge in [-0.2, -0.15) is 0 Å². The summed E-state index contributed by atoms with van der Waals surface area (Å²) in [4.78, 5) is 31.6. The van der Waals surface area contributed by atoms with E-state index in [1.165, 1.54) is 0 Å². The van der Waals surface area contributed by atoms with Gasteiger partial charge in [-0.3, -0.25) is 19.8 Å². The average Bonchev–Trinajstić information content (AvgIpc) is 3.02. The summed E-state index contributed by atoms with van der Waals surface area (Å²) in [5.74, 6) is 0.176. The number of rotatable bonds is 5. The highest BCUT2D eigenvalue weighted by atomic mass is 16.5. The second kappa shape index (κ2) is 8.30. The molecule has 2 aliphatic rings. The number of aromatic nitrogens is 1. The predicted octanol–water partition coefficient (Wildman–Crippen LogP) is 3.19. The van der Waals surface area contributed by atoms with Crippen molar-refractivity contribution in [1.29, 1.82) is 0 Å². The minimum Gasteiger partial charge on any atom is -0.489 e. The van der Waals surface area contributed by atoms with Crippen LogP contribution in [0, 0.1) is 13.8 Å². The van der Waals surface area contributed by atoms with Crippen LogP contribution < -0.4 is 10.2 Å². The molecule has 7 heteroatoms. The van der Waals surface area contributed by atoms with Crippen molar-refractivity contribution < 1.29 is 19.5 Å². The molecule has 2 aromatic rings. The third-order valence-electron chi connectivity index (χ3n) is 6.55. The summed E-state index contributed by atoms with van der Waals surface area (Å²) in [5, 5.41) is 9.08. The molecule has 2 saturated heterocycles. The SMILES string of the molecule is Cc1cc(COc2ccc([C@]3(C)CC4CCCC(C(=O)NO)N4C3=O)cc2)cc(C)n1. The Kier molecular flexibility index (Phi) is 5.71. The van der Waals surface area contributed by atoms with Crippen LogP contribution in [0.1, 0.15) is 55.1 Å². The largest absolute Gasteiger partial charge is 0.489 e. The zero-order valence-electron chi connectivity index (χ0n) is 18.2. The molecule has 2 N–H and O–H groups in total. The van der Waals surface area contributed by atoms with Gasteiger partial charge in [0.2, 0.25) is 5.91 Å². The zero-order valence-corrected chi connectivity index (χ0v) is 18.2. The van der Waals surface area contributed by atoms with Crippen LogP contribution in [0.3, 0.4) is 0 Å². The second-order valence-electron chi connectivity index (χ2n) is 8.90. The number of ether oxygens (including phenoxy) is 1. The van der Waals surface area contributed by atoms with Gasteiger partial charge in [-0.05, 0) is 81.8 Å². The normalized spacial score (nSPS) is 25.3. The Morgan fingerprint density at radius 1 is 1.23 bits per heavy atom. The molecular formula is C24H29N3O4. The lowest BCUT2D eigenvalue weighted by Gasteiger charge is -2.36. The van der Waals surface area contributed by atoms with Gasteiger partial charge < -0.3 is 9.64 Å². The van der Waals surface area contributed by atoms with E-state index >= 15 is 0 Å². The lowest BCUT2D eigenvalue weighted by atomic mass is 9.79. The molecule has 2 fully saturated rings. The Morgan fingerprint density at radius 3 is 2.55 bits per heavy atom. The Labute approximate surface area is 182 Å². The number of benzene rings is 1. The van der Waals surface area contributed by atoms with E-state index in [0.717, 1.165) is 41.1 Å². The smallest absolute Gasteiger partial charge is 0.266 e. The lowest BCUT2D eigenvalue weighted by molar-refractivity contribution is -0.147. The van der Waals surface area contributed by atoms with Gasteiger partial charge in [-0.1, -0.05) is 12.1 Å². The Bertz CT molecular complexity index is 971. The monoisotopic (exact) mass is 423 g/mol. The van der Waals surface area contributed by atoms with Gasteiger partial charge in [0.1, 0.15) is 18.4 Å². The molecule has 3 heterocycles. The molecule has 2 aliphatic heterocycles. The highest BCUT2D eigenvalue weighted by Crippen LogP contribution is 2.44. The van der Waals surface area contributed by atoms with Gasteiger partial charge in [-0.25, -0.2) is 5.48 Å². The third kappa shape index (κ3) is 4.02. The van der Waals surface area contributed by atoms with Gasteiger partial charge in [0.25, 0.3) is 5.91 Å². The van der Waals surface area contributed by atoms with Crippen molar-refractivity contribution in [3.8, 4) is 5.75 Å². The van der Waals surface area contributed by atoms with Crippen molar-refractivity contribution in [1.82, 2.24) is 15.4 Å². The van der Waals surface area contributed by atoms with E-state index in [4.69, 9.17) is 9.94 Å². The van der Waals surface area contributed by atoms with Gasteiger partial charge in [-0.15, -0.1) is 0 Å². The zero-order chi connectivity index (χ0) is 22.2. The summed E-state index contributed by atoms with van der Waals surface area (Å²) in [6, 6.07) is 11.1. The standard InChI is InChI=1S/C24H29N3O4/c1-15-11-17(12-16(2)25-15)14-31-20-9-7-18(8-10-20)24(3)13-19-5-4-6-21(22(28)26-30)27(19)23(24)29/h7-12,19,21,30H,4-6,13-14H2,1-3H3,(H,26,28)/t19?,21?,24-/m0/s1. The first-order valence-corrected chi connectivity index (χ1v) is 10.8. The fraction of sp³-hybridized carbons (Fsp3) is 0.458. The first kappa shape index (κ1) is 21.3. The number of nitrogens with zero attached hydrogens (tertiary/aromatic N) is 2. The Hall–Kier alpha value is -2.93. The molecule has 0 saturated carbocycles. The van der Waals surface area contributed by atoms with Crippen LogP contribution in [-0.4, -0.2) is 39.0 Å². The first-order valence-electron chi connectivity index (χ1n) is 10.8. The van der Waals surface area contributed by atoms with Crippen molar-refractivity contribution in [3.05, 3.63) is 58.9 Å². The number of nitrogens with one attached hydrogen (secondary N) is 1. The molecule has 164 valence electrons. The molecule has 1 aromatic carbocycles. The predicted molar refractivity (Wildman–Crippen MR) is 115 cm³/mol. The molecule has 1 aromatic heterocycles. The highest BCUT2D eigenvalue weighted by molar-refractivity contribution is 5.95. The summed E-state index contributed by atoms with van der Waals surface area (Å²) in [5.41, 5.74) is 4.94. The van der Waals surface area contributed by atoms with Crippen LogP contribution in [0.25, 0.3) is 0 Å². The molecule has 7 nitrogen and oxygen atoms in total. The summed E-state index contributed by atoms with van der Waals surface area (Å²) < 4.78 is 5.93. The van der Waals surface area contributed by atoms with E-state index < -0.39 is 17.4 Å². The van der Waals surface area contributed by atoms with E-state index in [9.17, 15) is 9.59 Å². The fourth-order valence-corrected chi connectivity index (χ4v) is 5.09. The number of hydrogen-bond donors (Lipinski definition) is 2. The summed E-state index contributed by atoms with van der Waals surface area (Å²) in [6.07, 6.45) is 2.98. The molecule has 4 rings (SSSR count). The minimum atomic E-state index is -0.694. The number of aryl methyl sites for hydroxylation is 2. The number of hydroxylamine groups is 1. The van der Waals surface area contributed by atoms with Crippen molar-refractivity contribution >= 4 is 11.8 Å². The number of carbonyl (C=O) groups is 2. The molecule has 3 atom stereocenters. The van der Waals surface area contributed by atoms with Crippen LogP contribution >= 0.6 is 0 Å². The number of pyridine rings is 1. The molecule has 0 spiro atoms. The van der Waals surface area contributed by atoms with E-state index in [0.29, 0.717) is 19.4 Å². The van der Waals surface area contributed by atoms with Crippen LogP contribution in [0.5, 0.6) is 5.75 Å². The number of fused-ring (bicyclic) bond motifs is 1. The molecular weight excluding hydrogens is 394 g/mol. The molecule has 2 unspecified atom stereocenters. The first-order chi connectivity index (χ1) is 14.8. The maximum atomic E-state index is 13.4. The average molecular weight is 424 g/mol. The van der Waals surface area contributed by atoms with Gasteiger partial charge in [0.15, 0.2) is 0 Å². The fourth-order valence-electron chi connectivity index (χ4n) is 5.09. The summed E-state index contributed by atoms with van der Waals surface area (Å²) >= 11 is 0. The van der Waals surface area contributed by atoms with Gasteiger partial charge in [0.05, 0.1) is 5.41 Å². The number of piperidine rings is 1. The topological polar surface area (TPSA) is 91.8 Å². The molecule has 0 radical (unpaired) electrons. The van der Waals surface area contributed by atoms with E-state index in [1.54, 1.807) is 10.4 Å². The van der Waals surface area contributed by atoms with E-state index in [2.05, 4.69) is 4.98 Å². The minimum absolute atomic E-state index is 0.0163. The van der Waals surface area contributed by atoms with Crippen LogP contribution in [0.2, 0.25) is 0 Å². The molecule has 0 aliphatic carbocycles. The highest BCUT2D eigenvalue weighted by Gasteiger charge is 2.53. The maximum absolute atomic E-state index is 13.4. The Balaban J connectivity index is 1.49. The van der Waals surface area contributed by atoms with E-state index in [-0.39, 0.29) is 11.9 Å². The lowest BCUT2D eigenvalue weighted by Crippen LogP contribution is -2.53. The molecule has 31 heavy (non-hydrogen) atoms. The van der Waals surface area contributed by atoms with Crippen LogP contribution in [0.15, 0.2) is 36.4 Å². The number of hydrogen-bond acceptors (Lipinski definition) is 5. The maximum Gasteiger partial charge on any atom is 0.266 e. The van der Waals surface area contributed by atoms with Crippen LogP contribution in [-0.2, 0) is 21.6 Å². The number of carbonyl (C=O) groups excluding carboxylic acids is 2. The van der Waals surface area contributed by atoms with Gasteiger partial charge in [0, 0.05) is 17.4 Å². The van der Waals surface area contributed by atoms with Crippen molar-refractivity contribution in [3.63, 3.8) is 0 Å². The number of amides is 2. The molecule has 0 bridgehead atoms. The molecule has 2 amide bonds. The summed E-state index contributed by atoms with van der Waals surface area (Å²) in [7, 11) is 0. The van der Waals surface area contributed by atoms with Crippen molar-refractivity contribution in [2.75, 3.05) is 0 Å². The van der Waals surface area contributed by atoms with Gasteiger partial charge >= 0.3 is 0 Å². The third-order valence-corrected chi connectivity index (χ3v) is 6.55. The second-order valence-corrected chi connectivity index (χ2v) is 8.90. The van der Waals surface area contributed by atoms with E-state index in [1.807, 2.05) is 57.2 Å². The summed E-state index contributed by atoms with van der Waals surface area (Å²) in [6.45, 7) is 6.33. The van der Waals surface area contributed by atoms with Crippen molar-refractivity contribution in [2.45, 2.75) is 70.6 Å². The van der Waals surface area contributed by atoms with Crippen LogP contribution in [0.4, 0.5) is 0 Å². The Morgan fingerprint density at radius 2 is 1.90 bits per heavy atom. The van der Waals surface area contributed by atoms with Crippen molar-refractivity contribution in [2.24, 2.45) is 0 Å².